The highest BCUT2D eigenvalue weighted by atomic mass is 15.3. The maximum absolute atomic E-state index is 8.46. The lowest BCUT2D eigenvalue weighted by molar-refractivity contribution is 0.939. The number of nitriles is 1. The Labute approximate surface area is 61.9 Å². The minimum absolute atomic E-state index is 0.336. The zero-order valence-electron chi connectivity index (χ0n) is 5.47. The Bertz CT molecular complexity index is 424. The highest BCUT2D eigenvalue weighted by Gasteiger charge is 1.95. The first-order valence-electron chi connectivity index (χ1n) is 2.95. The van der Waals surface area contributed by atoms with E-state index in [1.807, 2.05) is 6.07 Å². The number of fused-ring (bicyclic) bond motifs is 1. The van der Waals surface area contributed by atoms with Crippen molar-refractivity contribution in [3.63, 3.8) is 0 Å². The van der Waals surface area contributed by atoms with Gasteiger partial charge in [0.15, 0.2) is 11.3 Å². The highest BCUT2D eigenvalue weighted by Crippen LogP contribution is 1.95. The predicted octanol–water partition coefficient (Wildman–Crippen LogP) is -0.00402. The molecule has 2 aromatic heterocycles. The summed E-state index contributed by atoms with van der Waals surface area (Å²) in [6.45, 7) is 0. The van der Waals surface area contributed by atoms with Crippen molar-refractivity contribution >= 4 is 5.65 Å². The summed E-state index contributed by atoms with van der Waals surface area (Å²) in [5.74, 6) is 0. The van der Waals surface area contributed by atoms with E-state index in [9.17, 15) is 0 Å². The maximum Gasteiger partial charge on any atom is 0.173 e. The van der Waals surface area contributed by atoms with E-state index in [1.54, 1.807) is 0 Å². The molecule has 0 aliphatic carbocycles. The van der Waals surface area contributed by atoms with Crippen molar-refractivity contribution in [3.8, 4) is 6.07 Å². The monoisotopic (exact) mass is 145 g/mol. The summed E-state index contributed by atoms with van der Waals surface area (Å²) in [6.07, 6.45) is 4.45. The quantitative estimate of drug-likeness (QED) is 0.523. The van der Waals surface area contributed by atoms with Crippen LogP contribution in [0.25, 0.3) is 5.65 Å². The number of nitrogens with zero attached hydrogens (tertiary/aromatic N) is 5. The normalized spacial score (nSPS) is 9.73. The van der Waals surface area contributed by atoms with Gasteiger partial charge < -0.3 is 0 Å². The van der Waals surface area contributed by atoms with E-state index in [1.165, 1.54) is 23.2 Å². The number of hydrogen-bond donors (Lipinski definition) is 0. The average molecular weight is 145 g/mol. The van der Waals surface area contributed by atoms with Gasteiger partial charge in [0.05, 0.1) is 12.4 Å². The van der Waals surface area contributed by atoms with Gasteiger partial charge in [0.25, 0.3) is 0 Å². The summed E-state index contributed by atoms with van der Waals surface area (Å²) >= 11 is 0. The SMILES string of the molecule is N#Cc1cn2ncnc2cn1. The van der Waals surface area contributed by atoms with Gasteiger partial charge in [0.2, 0.25) is 0 Å². The fourth-order valence-electron chi connectivity index (χ4n) is 0.785. The lowest BCUT2D eigenvalue weighted by atomic mass is 10.5. The van der Waals surface area contributed by atoms with Crippen LogP contribution in [-0.2, 0) is 0 Å². The molecule has 0 fully saturated rings. The molecule has 2 rings (SSSR count). The second-order valence-electron chi connectivity index (χ2n) is 1.95. The van der Waals surface area contributed by atoms with E-state index in [4.69, 9.17) is 5.26 Å². The van der Waals surface area contributed by atoms with E-state index in [-0.39, 0.29) is 0 Å². The molecule has 5 heteroatoms. The highest BCUT2D eigenvalue weighted by molar-refractivity contribution is 5.34. The summed E-state index contributed by atoms with van der Waals surface area (Å²) in [5, 5.41) is 12.3. The number of rotatable bonds is 0. The lowest BCUT2D eigenvalue weighted by Gasteiger charge is -1.88. The molecule has 0 N–H and O–H groups in total. The van der Waals surface area contributed by atoms with Crippen molar-refractivity contribution in [3.05, 3.63) is 24.4 Å². The summed E-state index contributed by atoms with van der Waals surface area (Å²) in [5.41, 5.74) is 0.979. The van der Waals surface area contributed by atoms with Crippen molar-refractivity contribution in [1.82, 2.24) is 19.6 Å². The molecule has 2 heterocycles. The second-order valence-corrected chi connectivity index (χ2v) is 1.95. The van der Waals surface area contributed by atoms with Gasteiger partial charge in [-0.2, -0.15) is 10.4 Å². The molecule has 52 valence electrons. The van der Waals surface area contributed by atoms with Gasteiger partial charge in [-0.3, -0.25) is 0 Å². The van der Waals surface area contributed by atoms with Crippen LogP contribution in [0.2, 0.25) is 0 Å². The summed E-state index contributed by atoms with van der Waals surface area (Å²) in [4.78, 5) is 7.69. The molecule has 0 aromatic carbocycles. The summed E-state index contributed by atoms with van der Waals surface area (Å²) < 4.78 is 1.51. The molecule has 0 aliphatic heterocycles. The number of hydrogen-bond acceptors (Lipinski definition) is 4. The van der Waals surface area contributed by atoms with E-state index < -0.39 is 0 Å². The minimum atomic E-state index is 0.336. The Balaban J connectivity index is 2.79. The van der Waals surface area contributed by atoms with Gasteiger partial charge >= 0.3 is 0 Å². The molecular formula is C6H3N5. The van der Waals surface area contributed by atoms with Crippen LogP contribution in [-0.4, -0.2) is 19.6 Å². The lowest BCUT2D eigenvalue weighted by Crippen LogP contribution is -1.91. The van der Waals surface area contributed by atoms with Crippen LogP contribution >= 0.6 is 0 Å². The molecule has 0 unspecified atom stereocenters. The Morgan fingerprint density at radius 1 is 1.45 bits per heavy atom. The zero-order valence-corrected chi connectivity index (χ0v) is 5.47. The van der Waals surface area contributed by atoms with Gasteiger partial charge in [0, 0.05) is 0 Å². The van der Waals surface area contributed by atoms with Crippen LogP contribution in [0.4, 0.5) is 0 Å². The Morgan fingerprint density at radius 2 is 2.36 bits per heavy atom. The Kier molecular flexibility index (Phi) is 1.07. The van der Waals surface area contributed by atoms with E-state index in [0.717, 1.165) is 0 Å². The molecule has 11 heavy (non-hydrogen) atoms. The second kappa shape index (κ2) is 2.02. The minimum Gasteiger partial charge on any atom is -0.240 e. The fourth-order valence-corrected chi connectivity index (χ4v) is 0.785. The van der Waals surface area contributed by atoms with Crippen molar-refractivity contribution in [1.29, 1.82) is 5.26 Å². The molecule has 0 amide bonds. The van der Waals surface area contributed by atoms with Crippen LogP contribution in [0.15, 0.2) is 18.7 Å². The van der Waals surface area contributed by atoms with Crippen molar-refractivity contribution in [2.75, 3.05) is 0 Å². The third-order valence-electron chi connectivity index (χ3n) is 1.28. The van der Waals surface area contributed by atoms with E-state index in [0.29, 0.717) is 11.3 Å². The third-order valence-corrected chi connectivity index (χ3v) is 1.28. The van der Waals surface area contributed by atoms with Gasteiger partial charge in [0.1, 0.15) is 12.4 Å². The Hall–Kier alpha value is -1.96. The molecular weight excluding hydrogens is 142 g/mol. The zero-order chi connectivity index (χ0) is 7.68. The topological polar surface area (TPSA) is 66.9 Å². The molecule has 0 atom stereocenters. The van der Waals surface area contributed by atoms with Crippen molar-refractivity contribution < 1.29 is 0 Å². The molecule has 0 spiro atoms. The van der Waals surface area contributed by atoms with Gasteiger partial charge in [-0.1, -0.05) is 0 Å². The Morgan fingerprint density at radius 3 is 3.18 bits per heavy atom. The van der Waals surface area contributed by atoms with Crippen molar-refractivity contribution in [2.24, 2.45) is 0 Å². The number of aromatic nitrogens is 4. The first-order chi connectivity index (χ1) is 5.40. The molecule has 2 aromatic rings. The molecule has 0 aliphatic rings. The van der Waals surface area contributed by atoms with E-state index >= 15 is 0 Å². The van der Waals surface area contributed by atoms with Crippen LogP contribution in [0.1, 0.15) is 5.69 Å². The van der Waals surface area contributed by atoms with Crippen LogP contribution in [0.5, 0.6) is 0 Å². The van der Waals surface area contributed by atoms with Crippen molar-refractivity contribution in [2.45, 2.75) is 0 Å². The summed E-state index contributed by atoms with van der Waals surface area (Å²) in [7, 11) is 0. The van der Waals surface area contributed by atoms with Crippen LogP contribution in [0.3, 0.4) is 0 Å². The van der Waals surface area contributed by atoms with Gasteiger partial charge in [-0.15, -0.1) is 0 Å². The largest absolute Gasteiger partial charge is 0.240 e. The molecule has 0 bridgehead atoms. The van der Waals surface area contributed by atoms with Crippen LogP contribution < -0.4 is 0 Å². The third kappa shape index (κ3) is 0.809. The maximum atomic E-state index is 8.46. The van der Waals surface area contributed by atoms with Gasteiger partial charge in [-0.05, 0) is 0 Å². The first-order valence-corrected chi connectivity index (χ1v) is 2.95. The molecule has 0 radical (unpaired) electrons. The first kappa shape index (κ1) is 5.80. The standard InChI is InChI=1S/C6H3N5/c7-1-5-3-11-6(2-8-5)9-4-10-11/h2-4H. The molecule has 0 saturated carbocycles. The van der Waals surface area contributed by atoms with Gasteiger partial charge in [-0.25, -0.2) is 14.5 Å². The fraction of sp³-hybridized carbons (Fsp3) is 0. The van der Waals surface area contributed by atoms with Crippen LogP contribution in [0, 0.1) is 11.3 Å². The smallest absolute Gasteiger partial charge is 0.173 e. The van der Waals surface area contributed by atoms with E-state index in [2.05, 4.69) is 15.1 Å². The molecule has 0 saturated heterocycles. The molecule has 5 nitrogen and oxygen atoms in total. The predicted molar refractivity (Wildman–Crippen MR) is 35.5 cm³/mol. The summed E-state index contributed by atoms with van der Waals surface area (Å²) in [6, 6.07) is 1.91. The average Bonchev–Trinajstić information content (AvgIpc) is 2.50.